The smallest absolute Gasteiger partial charge is 0.251 e. The predicted molar refractivity (Wildman–Crippen MR) is 112 cm³/mol. The summed E-state index contributed by atoms with van der Waals surface area (Å²) in [6.45, 7) is 8.07. The van der Waals surface area contributed by atoms with Crippen LogP contribution in [0.25, 0.3) is 0 Å². The number of carbonyl (C=O) groups is 1. The van der Waals surface area contributed by atoms with E-state index < -0.39 is 0 Å². The lowest BCUT2D eigenvalue weighted by Gasteiger charge is -2.35. The fraction of sp³-hybridized carbons (Fsp3) is 0.476. The maximum Gasteiger partial charge on any atom is 0.251 e. The molecular formula is C21H28N4O2S. The Morgan fingerprint density at radius 1 is 1.21 bits per heavy atom. The zero-order chi connectivity index (χ0) is 19.9. The van der Waals surface area contributed by atoms with E-state index in [1.165, 1.54) is 23.4 Å². The molecule has 0 bridgehead atoms. The number of aromatic nitrogens is 2. The van der Waals surface area contributed by atoms with Crippen molar-refractivity contribution < 1.29 is 4.79 Å². The Morgan fingerprint density at radius 3 is 2.61 bits per heavy atom. The lowest BCUT2D eigenvalue weighted by molar-refractivity contribution is -0.132. The molecule has 0 spiro atoms. The summed E-state index contributed by atoms with van der Waals surface area (Å²) in [4.78, 5) is 36.2. The van der Waals surface area contributed by atoms with Gasteiger partial charge in [0, 0.05) is 44.5 Å². The summed E-state index contributed by atoms with van der Waals surface area (Å²) in [5.41, 5.74) is 1.92. The summed E-state index contributed by atoms with van der Waals surface area (Å²) in [5, 5.41) is 0.250. The Morgan fingerprint density at radius 2 is 1.93 bits per heavy atom. The number of aryl methyl sites for hydroxylation is 1. The van der Waals surface area contributed by atoms with Gasteiger partial charge in [-0.05, 0) is 18.9 Å². The molecule has 1 amide bonds. The van der Waals surface area contributed by atoms with Crippen LogP contribution in [-0.4, -0.2) is 57.1 Å². The number of thioether (sulfide) groups is 1. The second-order valence-electron chi connectivity index (χ2n) is 7.14. The highest BCUT2D eigenvalue weighted by Gasteiger charge is 2.26. The van der Waals surface area contributed by atoms with E-state index >= 15 is 0 Å². The van der Waals surface area contributed by atoms with Crippen molar-refractivity contribution in [1.82, 2.24) is 19.8 Å². The molecule has 0 aliphatic carbocycles. The van der Waals surface area contributed by atoms with Crippen LogP contribution in [0.1, 0.15) is 31.5 Å². The number of carbonyl (C=O) groups excluding carboxylic acids is 1. The maximum atomic E-state index is 12.8. The number of nitrogens with one attached hydrogen (secondary N) is 1. The minimum atomic E-state index is -0.277. The summed E-state index contributed by atoms with van der Waals surface area (Å²) in [7, 11) is 0. The number of amides is 1. The Balaban J connectivity index is 1.52. The number of rotatable bonds is 7. The van der Waals surface area contributed by atoms with Crippen LogP contribution in [0.5, 0.6) is 0 Å². The van der Waals surface area contributed by atoms with Gasteiger partial charge in [0.05, 0.1) is 5.25 Å². The second-order valence-corrected chi connectivity index (χ2v) is 8.47. The minimum Gasteiger partial charge on any atom is -0.339 e. The molecule has 7 heteroatoms. The van der Waals surface area contributed by atoms with Crippen LogP contribution in [0.3, 0.4) is 0 Å². The predicted octanol–water partition coefficient (Wildman–Crippen LogP) is 2.55. The van der Waals surface area contributed by atoms with Crippen molar-refractivity contribution in [2.24, 2.45) is 0 Å². The molecular weight excluding hydrogens is 372 g/mol. The van der Waals surface area contributed by atoms with Crippen molar-refractivity contribution in [1.29, 1.82) is 0 Å². The fourth-order valence-electron chi connectivity index (χ4n) is 3.37. The van der Waals surface area contributed by atoms with E-state index in [4.69, 9.17) is 0 Å². The van der Waals surface area contributed by atoms with Crippen LogP contribution in [-0.2, 0) is 17.8 Å². The van der Waals surface area contributed by atoms with E-state index in [9.17, 15) is 9.59 Å². The van der Waals surface area contributed by atoms with E-state index in [0.29, 0.717) is 5.16 Å². The summed E-state index contributed by atoms with van der Waals surface area (Å²) >= 11 is 1.33. The first-order valence-electron chi connectivity index (χ1n) is 9.87. The zero-order valence-electron chi connectivity index (χ0n) is 16.6. The molecule has 1 aliphatic rings. The van der Waals surface area contributed by atoms with Crippen molar-refractivity contribution in [3.05, 3.63) is 58.0 Å². The topological polar surface area (TPSA) is 69.3 Å². The number of hydrogen-bond acceptors (Lipinski definition) is 5. The van der Waals surface area contributed by atoms with Crippen LogP contribution < -0.4 is 5.56 Å². The van der Waals surface area contributed by atoms with E-state index in [1.54, 1.807) is 0 Å². The maximum absolute atomic E-state index is 12.8. The standard InChI is InChI=1S/C21H28N4O2S/c1-3-7-18-14-19(26)23-21(22-18)28-16(2)20(27)25-12-10-24(11-13-25)15-17-8-5-4-6-9-17/h4-6,8-9,14,16H,3,7,10-13,15H2,1-2H3,(H,22,23,26). The fourth-order valence-corrected chi connectivity index (χ4v) is 4.28. The van der Waals surface area contributed by atoms with Gasteiger partial charge in [0.25, 0.3) is 5.56 Å². The van der Waals surface area contributed by atoms with Gasteiger partial charge in [-0.3, -0.25) is 14.5 Å². The van der Waals surface area contributed by atoms with Crippen molar-refractivity contribution in [2.45, 2.75) is 43.6 Å². The van der Waals surface area contributed by atoms with Crippen LogP contribution >= 0.6 is 11.8 Å². The molecule has 3 rings (SSSR count). The highest BCUT2D eigenvalue weighted by atomic mass is 32.2. The molecule has 1 unspecified atom stereocenters. The molecule has 1 saturated heterocycles. The summed E-state index contributed by atoms with van der Waals surface area (Å²) in [5.74, 6) is 0.105. The normalized spacial score (nSPS) is 16.1. The molecule has 0 radical (unpaired) electrons. The third-order valence-corrected chi connectivity index (χ3v) is 5.82. The van der Waals surface area contributed by atoms with E-state index in [1.807, 2.05) is 17.9 Å². The zero-order valence-corrected chi connectivity index (χ0v) is 17.4. The first-order valence-corrected chi connectivity index (χ1v) is 10.7. The Bertz CT molecular complexity index is 832. The Labute approximate surface area is 170 Å². The average Bonchev–Trinajstić information content (AvgIpc) is 2.68. The molecule has 28 heavy (non-hydrogen) atoms. The number of aromatic amines is 1. The van der Waals surface area contributed by atoms with Gasteiger partial charge in [0.1, 0.15) is 0 Å². The van der Waals surface area contributed by atoms with Gasteiger partial charge in [-0.2, -0.15) is 0 Å². The van der Waals surface area contributed by atoms with Gasteiger partial charge in [-0.15, -0.1) is 0 Å². The van der Waals surface area contributed by atoms with Gasteiger partial charge in [0.15, 0.2) is 5.16 Å². The van der Waals surface area contributed by atoms with Gasteiger partial charge in [-0.1, -0.05) is 55.4 Å². The van der Waals surface area contributed by atoms with Gasteiger partial charge in [-0.25, -0.2) is 4.98 Å². The molecule has 1 atom stereocenters. The van der Waals surface area contributed by atoms with Gasteiger partial charge < -0.3 is 9.88 Å². The molecule has 1 aliphatic heterocycles. The largest absolute Gasteiger partial charge is 0.339 e. The number of H-pyrrole nitrogens is 1. The first-order chi connectivity index (χ1) is 13.5. The first kappa shape index (κ1) is 20.6. The molecule has 150 valence electrons. The van der Waals surface area contributed by atoms with Crippen molar-refractivity contribution in [3.63, 3.8) is 0 Å². The van der Waals surface area contributed by atoms with Crippen molar-refractivity contribution in [3.8, 4) is 0 Å². The van der Waals surface area contributed by atoms with Crippen molar-refractivity contribution >= 4 is 17.7 Å². The quantitative estimate of drug-likeness (QED) is 0.571. The number of hydrogen-bond donors (Lipinski definition) is 1. The number of nitrogens with zero attached hydrogens (tertiary/aromatic N) is 3. The number of benzene rings is 1. The monoisotopic (exact) mass is 400 g/mol. The van der Waals surface area contributed by atoms with Crippen LogP contribution in [0, 0.1) is 0 Å². The van der Waals surface area contributed by atoms with Crippen molar-refractivity contribution in [2.75, 3.05) is 26.2 Å². The molecule has 6 nitrogen and oxygen atoms in total. The molecule has 1 aromatic carbocycles. The average molecular weight is 401 g/mol. The molecule has 1 fully saturated rings. The Hall–Kier alpha value is -2.12. The summed E-state index contributed by atoms with van der Waals surface area (Å²) in [6.07, 6.45) is 1.70. The molecule has 2 aromatic rings. The third kappa shape index (κ3) is 5.69. The minimum absolute atomic E-state index is 0.105. The van der Waals surface area contributed by atoms with Crippen LogP contribution in [0.15, 0.2) is 46.3 Å². The summed E-state index contributed by atoms with van der Waals surface area (Å²) < 4.78 is 0. The molecule has 1 N–H and O–H groups in total. The molecule has 0 saturated carbocycles. The lowest BCUT2D eigenvalue weighted by Crippen LogP contribution is -2.50. The molecule has 2 heterocycles. The Kier molecular flexibility index (Phi) is 7.28. The van der Waals surface area contributed by atoms with Gasteiger partial charge >= 0.3 is 0 Å². The SMILES string of the molecule is CCCc1cc(=O)[nH]c(SC(C)C(=O)N2CCN(Cc3ccccc3)CC2)n1. The summed E-state index contributed by atoms with van der Waals surface area (Å²) in [6, 6.07) is 11.9. The van der Waals surface area contributed by atoms with Gasteiger partial charge in [0.2, 0.25) is 5.91 Å². The van der Waals surface area contributed by atoms with E-state index in [2.05, 4.69) is 46.1 Å². The third-order valence-electron chi connectivity index (χ3n) is 4.85. The lowest BCUT2D eigenvalue weighted by atomic mass is 10.2. The van der Waals surface area contributed by atoms with Crippen LogP contribution in [0.4, 0.5) is 0 Å². The van der Waals surface area contributed by atoms with Crippen LogP contribution in [0.2, 0.25) is 0 Å². The second kappa shape index (κ2) is 9.89. The van der Waals surface area contributed by atoms with E-state index in [-0.39, 0.29) is 16.7 Å². The number of piperazine rings is 1. The highest BCUT2D eigenvalue weighted by Crippen LogP contribution is 2.21. The van der Waals surface area contributed by atoms with E-state index in [0.717, 1.165) is 51.3 Å². The highest BCUT2D eigenvalue weighted by molar-refractivity contribution is 8.00. The molecule has 1 aromatic heterocycles.